The third-order valence-electron chi connectivity index (χ3n) is 4.69. The Labute approximate surface area is 148 Å². The molecule has 3 rings (SSSR count). The van der Waals surface area contributed by atoms with Crippen molar-refractivity contribution in [3.05, 3.63) is 59.3 Å². The van der Waals surface area contributed by atoms with Crippen molar-refractivity contribution in [1.82, 2.24) is 10.3 Å². The average molecular weight is 337 g/mol. The number of nitrogens with one attached hydrogen (secondary N) is 1. The van der Waals surface area contributed by atoms with Crippen LogP contribution in [0.1, 0.15) is 41.3 Å². The Bertz CT molecular complexity index is 769. The van der Waals surface area contributed by atoms with Gasteiger partial charge in [-0.05, 0) is 31.5 Å². The van der Waals surface area contributed by atoms with Crippen molar-refractivity contribution in [1.29, 1.82) is 0 Å². The largest absolute Gasteiger partial charge is 0.354 e. The van der Waals surface area contributed by atoms with E-state index in [2.05, 4.69) is 46.4 Å². The Morgan fingerprint density at radius 1 is 1.08 bits per heavy atom. The number of carbonyl (C=O) groups excluding carboxylic acids is 2. The standard InChI is InChI=1S/C20H23N3O2/c1-13-4-6-16(7-5-13)18-11-23(12-19(18)22-15(3)25)20-9-8-17(10-21-20)14(2)24/h4-10,18-19H,11-12H2,1-3H3,(H,22,25). The van der Waals surface area contributed by atoms with Gasteiger partial charge in [0.15, 0.2) is 5.78 Å². The van der Waals surface area contributed by atoms with Gasteiger partial charge >= 0.3 is 0 Å². The zero-order valence-electron chi connectivity index (χ0n) is 14.8. The summed E-state index contributed by atoms with van der Waals surface area (Å²) >= 11 is 0. The minimum Gasteiger partial charge on any atom is -0.354 e. The summed E-state index contributed by atoms with van der Waals surface area (Å²) in [6, 6.07) is 12.2. The van der Waals surface area contributed by atoms with Gasteiger partial charge in [0, 0.05) is 37.7 Å². The highest BCUT2D eigenvalue weighted by molar-refractivity contribution is 5.93. The smallest absolute Gasteiger partial charge is 0.217 e. The molecular weight excluding hydrogens is 314 g/mol. The van der Waals surface area contributed by atoms with Crippen LogP contribution in [0.2, 0.25) is 0 Å². The number of carbonyl (C=O) groups is 2. The monoisotopic (exact) mass is 337 g/mol. The molecule has 5 heteroatoms. The van der Waals surface area contributed by atoms with Crippen molar-refractivity contribution in [2.45, 2.75) is 32.7 Å². The Morgan fingerprint density at radius 3 is 2.36 bits per heavy atom. The van der Waals surface area contributed by atoms with Crippen LogP contribution in [-0.2, 0) is 4.79 Å². The normalized spacial score (nSPS) is 19.7. The number of anilines is 1. The molecule has 0 radical (unpaired) electrons. The van der Waals surface area contributed by atoms with E-state index in [9.17, 15) is 9.59 Å². The van der Waals surface area contributed by atoms with Gasteiger partial charge in [-0.3, -0.25) is 9.59 Å². The van der Waals surface area contributed by atoms with E-state index < -0.39 is 0 Å². The van der Waals surface area contributed by atoms with Gasteiger partial charge in [-0.15, -0.1) is 0 Å². The zero-order chi connectivity index (χ0) is 18.0. The van der Waals surface area contributed by atoms with Crippen molar-refractivity contribution >= 4 is 17.5 Å². The van der Waals surface area contributed by atoms with Crippen molar-refractivity contribution in [3.63, 3.8) is 0 Å². The minimum absolute atomic E-state index is 0.00845. The molecule has 1 aliphatic rings. The van der Waals surface area contributed by atoms with E-state index in [-0.39, 0.29) is 23.7 Å². The maximum absolute atomic E-state index is 11.6. The summed E-state index contributed by atoms with van der Waals surface area (Å²) in [5.41, 5.74) is 3.04. The summed E-state index contributed by atoms with van der Waals surface area (Å²) < 4.78 is 0. The molecule has 2 heterocycles. The second kappa shape index (κ2) is 7.05. The van der Waals surface area contributed by atoms with Crippen LogP contribution in [-0.4, -0.2) is 35.8 Å². The molecule has 1 N–H and O–H groups in total. The highest BCUT2D eigenvalue weighted by Crippen LogP contribution is 2.30. The quantitative estimate of drug-likeness (QED) is 0.872. The van der Waals surface area contributed by atoms with Crippen LogP contribution in [0.15, 0.2) is 42.6 Å². The molecule has 5 nitrogen and oxygen atoms in total. The second-order valence-electron chi connectivity index (χ2n) is 6.69. The summed E-state index contributed by atoms with van der Waals surface area (Å²) in [6.45, 7) is 6.63. The summed E-state index contributed by atoms with van der Waals surface area (Å²) in [5, 5.41) is 3.07. The number of amides is 1. The molecule has 2 unspecified atom stereocenters. The van der Waals surface area contributed by atoms with E-state index in [1.165, 1.54) is 18.1 Å². The molecule has 1 amide bonds. The number of ketones is 1. The van der Waals surface area contributed by atoms with Gasteiger partial charge in [-0.2, -0.15) is 0 Å². The number of benzene rings is 1. The molecule has 0 bridgehead atoms. The first-order valence-electron chi connectivity index (χ1n) is 8.49. The van der Waals surface area contributed by atoms with Crippen molar-refractivity contribution < 1.29 is 9.59 Å². The first-order valence-corrected chi connectivity index (χ1v) is 8.49. The van der Waals surface area contributed by atoms with Crippen LogP contribution in [0.3, 0.4) is 0 Å². The topological polar surface area (TPSA) is 62.3 Å². The Morgan fingerprint density at radius 2 is 1.80 bits per heavy atom. The molecule has 1 saturated heterocycles. The number of aromatic nitrogens is 1. The molecule has 2 aromatic rings. The van der Waals surface area contributed by atoms with Gasteiger partial charge in [-0.25, -0.2) is 4.98 Å². The lowest BCUT2D eigenvalue weighted by atomic mass is 9.93. The number of hydrogen-bond donors (Lipinski definition) is 1. The van der Waals surface area contributed by atoms with Gasteiger partial charge in [0.1, 0.15) is 5.82 Å². The highest BCUT2D eigenvalue weighted by Gasteiger charge is 2.35. The van der Waals surface area contributed by atoms with Gasteiger partial charge in [0.05, 0.1) is 6.04 Å². The first kappa shape index (κ1) is 17.1. The SMILES string of the molecule is CC(=O)NC1CN(c2ccc(C(C)=O)cn2)CC1c1ccc(C)cc1. The third-order valence-corrected chi connectivity index (χ3v) is 4.69. The Balaban J connectivity index is 1.84. The van der Waals surface area contributed by atoms with E-state index in [1.807, 2.05) is 6.07 Å². The first-order chi connectivity index (χ1) is 11.9. The molecule has 1 aliphatic heterocycles. The molecule has 25 heavy (non-hydrogen) atoms. The molecular formula is C20H23N3O2. The lowest BCUT2D eigenvalue weighted by molar-refractivity contribution is -0.119. The van der Waals surface area contributed by atoms with E-state index in [1.54, 1.807) is 19.2 Å². The van der Waals surface area contributed by atoms with Crippen LogP contribution in [0, 0.1) is 6.92 Å². The van der Waals surface area contributed by atoms with Crippen molar-refractivity contribution in [3.8, 4) is 0 Å². The van der Waals surface area contributed by atoms with E-state index in [4.69, 9.17) is 0 Å². The lowest BCUT2D eigenvalue weighted by Gasteiger charge is -2.19. The van der Waals surface area contributed by atoms with Crippen LogP contribution < -0.4 is 10.2 Å². The zero-order valence-corrected chi connectivity index (χ0v) is 14.8. The number of aryl methyl sites for hydroxylation is 1. The fraction of sp³-hybridized carbons (Fsp3) is 0.350. The van der Waals surface area contributed by atoms with Gasteiger partial charge in [0.2, 0.25) is 5.91 Å². The Hall–Kier alpha value is -2.69. The summed E-state index contributed by atoms with van der Waals surface area (Å²) in [4.78, 5) is 29.6. The summed E-state index contributed by atoms with van der Waals surface area (Å²) in [5.74, 6) is 1.02. The lowest BCUT2D eigenvalue weighted by Crippen LogP contribution is -2.38. The highest BCUT2D eigenvalue weighted by atomic mass is 16.1. The number of rotatable bonds is 4. The molecule has 2 atom stereocenters. The Kier molecular flexibility index (Phi) is 4.83. The fourth-order valence-corrected chi connectivity index (χ4v) is 3.33. The maximum Gasteiger partial charge on any atom is 0.217 e. The van der Waals surface area contributed by atoms with Crippen molar-refractivity contribution in [2.24, 2.45) is 0 Å². The molecule has 0 aliphatic carbocycles. The number of Topliss-reactive ketones (excluding diaryl/α,β-unsaturated/α-hetero) is 1. The summed E-state index contributed by atoms with van der Waals surface area (Å²) in [6.07, 6.45) is 1.62. The average Bonchev–Trinajstić information content (AvgIpc) is 2.98. The van der Waals surface area contributed by atoms with Crippen LogP contribution in [0.5, 0.6) is 0 Å². The number of nitrogens with zero attached hydrogens (tertiary/aromatic N) is 2. The predicted octanol–water partition coefficient (Wildman–Crippen LogP) is 2.70. The molecule has 0 spiro atoms. The fourth-order valence-electron chi connectivity index (χ4n) is 3.33. The van der Waals surface area contributed by atoms with Gasteiger partial charge < -0.3 is 10.2 Å². The molecule has 1 aromatic heterocycles. The van der Waals surface area contributed by atoms with Crippen molar-refractivity contribution in [2.75, 3.05) is 18.0 Å². The van der Waals surface area contributed by atoms with Crippen LogP contribution in [0.4, 0.5) is 5.82 Å². The van der Waals surface area contributed by atoms with E-state index >= 15 is 0 Å². The molecule has 0 saturated carbocycles. The van der Waals surface area contributed by atoms with Gasteiger partial charge in [0.25, 0.3) is 0 Å². The van der Waals surface area contributed by atoms with E-state index in [0.29, 0.717) is 12.1 Å². The van der Waals surface area contributed by atoms with E-state index in [0.717, 1.165) is 12.4 Å². The van der Waals surface area contributed by atoms with Gasteiger partial charge in [-0.1, -0.05) is 29.8 Å². The third kappa shape index (κ3) is 3.87. The van der Waals surface area contributed by atoms with Crippen LogP contribution in [0.25, 0.3) is 0 Å². The molecule has 1 aromatic carbocycles. The molecule has 130 valence electrons. The maximum atomic E-state index is 11.6. The number of pyridine rings is 1. The predicted molar refractivity (Wildman–Crippen MR) is 98.0 cm³/mol. The second-order valence-corrected chi connectivity index (χ2v) is 6.69. The summed E-state index contributed by atoms with van der Waals surface area (Å²) in [7, 11) is 0. The number of hydrogen-bond acceptors (Lipinski definition) is 4. The molecule has 1 fully saturated rings. The minimum atomic E-state index is -0.0242. The van der Waals surface area contributed by atoms with Crippen LogP contribution >= 0.6 is 0 Å².